The van der Waals surface area contributed by atoms with Crippen LogP contribution < -0.4 is 0 Å². The van der Waals surface area contributed by atoms with E-state index in [9.17, 15) is 0 Å². The molecule has 1 aromatic rings. The van der Waals surface area contributed by atoms with E-state index in [4.69, 9.17) is 0 Å². The third-order valence-electron chi connectivity index (χ3n) is 0.996. The molecule has 0 heterocycles. The summed E-state index contributed by atoms with van der Waals surface area (Å²) in [6.45, 7) is 0. The molecule has 0 unspecified atom stereocenters. The SMILES string of the molecule is BrCN=[SH]c1ccccc1. The molecule has 0 aliphatic rings. The lowest BCUT2D eigenvalue weighted by Gasteiger charge is -1.88. The molecule has 1 nitrogen and oxygen atoms in total. The Balaban J connectivity index is 2.67. The maximum absolute atomic E-state index is 4.13. The highest BCUT2D eigenvalue weighted by atomic mass is 79.9. The Morgan fingerprint density at radius 3 is 2.60 bits per heavy atom. The lowest BCUT2D eigenvalue weighted by molar-refractivity contribution is 1.41. The molecule has 54 valence electrons. The van der Waals surface area contributed by atoms with Crippen molar-refractivity contribution >= 4 is 27.5 Å². The number of thiol groups is 1. The van der Waals surface area contributed by atoms with Gasteiger partial charge in [0.15, 0.2) is 0 Å². The van der Waals surface area contributed by atoms with Gasteiger partial charge in [0.2, 0.25) is 0 Å². The van der Waals surface area contributed by atoms with Gasteiger partial charge in [0.25, 0.3) is 0 Å². The summed E-state index contributed by atoms with van der Waals surface area (Å²) in [4.78, 5) is 1.24. The van der Waals surface area contributed by atoms with Crippen LogP contribution in [-0.4, -0.2) is 5.45 Å². The number of nitrogens with zero attached hydrogens (tertiary/aromatic N) is 1. The van der Waals surface area contributed by atoms with Crippen molar-refractivity contribution in [2.24, 2.45) is 4.36 Å². The van der Waals surface area contributed by atoms with Crippen molar-refractivity contribution < 1.29 is 0 Å². The van der Waals surface area contributed by atoms with Crippen LogP contribution in [-0.2, 0) is 11.6 Å². The fourth-order valence-corrected chi connectivity index (χ4v) is 1.46. The van der Waals surface area contributed by atoms with E-state index in [2.05, 4.69) is 32.4 Å². The first-order valence-electron chi connectivity index (χ1n) is 2.92. The van der Waals surface area contributed by atoms with Crippen LogP contribution in [0.3, 0.4) is 0 Å². The zero-order valence-corrected chi connectivity index (χ0v) is 7.85. The fourth-order valence-electron chi connectivity index (χ4n) is 0.603. The minimum atomic E-state index is 0.712. The summed E-state index contributed by atoms with van der Waals surface area (Å²) in [6.07, 6.45) is 0. The molecule has 0 aliphatic carbocycles. The van der Waals surface area contributed by atoms with Crippen LogP contribution in [0.5, 0.6) is 0 Å². The Morgan fingerprint density at radius 1 is 1.30 bits per heavy atom. The number of benzene rings is 1. The standard InChI is InChI=1S/C7H8BrNS/c8-6-9-10-7-4-2-1-3-5-7/h1-5,10H,6H2. The average molecular weight is 218 g/mol. The predicted molar refractivity (Wildman–Crippen MR) is 49.7 cm³/mol. The molecular formula is C7H8BrNS. The Hall–Kier alpha value is -0.150. The molecule has 0 radical (unpaired) electrons. The third-order valence-corrected chi connectivity index (χ3v) is 2.45. The minimum absolute atomic E-state index is 0.712. The van der Waals surface area contributed by atoms with Gasteiger partial charge in [-0.15, -0.1) is 0 Å². The first-order chi connectivity index (χ1) is 4.93. The van der Waals surface area contributed by atoms with Gasteiger partial charge in [-0.25, -0.2) is 0 Å². The highest BCUT2D eigenvalue weighted by Gasteiger charge is 1.79. The van der Waals surface area contributed by atoms with Crippen LogP contribution in [0, 0.1) is 0 Å². The van der Waals surface area contributed by atoms with Gasteiger partial charge >= 0.3 is 0 Å². The van der Waals surface area contributed by atoms with Crippen LogP contribution in [0.25, 0.3) is 0 Å². The van der Waals surface area contributed by atoms with Crippen LogP contribution in [0.15, 0.2) is 39.6 Å². The van der Waals surface area contributed by atoms with Crippen molar-refractivity contribution in [3.63, 3.8) is 0 Å². The molecule has 0 saturated heterocycles. The van der Waals surface area contributed by atoms with E-state index in [1.165, 1.54) is 4.90 Å². The Kier molecular flexibility index (Phi) is 3.68. The second-order valence-corrected chi connectivity index (χ2v) is 3.20. The predicted octanol–water partition coefficient (Wildman–Crippen LogP) is 2.40. The van der Waals surface area contributed by atoms with E-state index >= 15 is 0 Å². The van der Waals surface area contributed by atoms with Crippen molar-refractivity contribution in [1.29, 1.82) is 0 Å². The van der Waals surface area contributed by atoms with E-state index in [0.29, 0.717) is 5.45 Å². The summed E-state index contributed by atoms with van der Waals surface area (Å²) < 4.78 is 4.13. The summed E-state index contributed by atoms with van der Waals surface area (Å²) in [7, 11) is 0. The highest BCUT2D eigenvalue weighted by Crippen LogP contribution is 1.98. The molecule has 0 fully saturated rings. The van der Waals surface area contributed by atoms with Crippen LogP contribution in [0.1, 0.15) is 0 Å². The number of hydrogen-bond acceptors (Lipinski definition) is 1. The smallest absolute Gasteiger partial charge is 0.101 e. The molecule has 0 spiro atoms. The lowest BCUT2D eigenvalue weighted by atomic mass is 10.4. The third kappa shape index (κ3) is 2.62. The van der Waals surface area contributed by atoms with E-state index in [-0.39, 0.29) is 0 Å². The van der Waals surface area contributed by atoms with Gasteiger partial charge in [0.05, 0.1) is 0 Å². The zero-order valence-electron chi connectivity index (χ0n) is 5.37. The van der Waals surface area contributed by atoms with Gasteiger partial charge in [-0.1, -0.05) is 45.7 Å². The van der Waals surface area contributed by atoms with Crippen molar-refractivity contribution in [2.45, 2.75) is 4.90 Å². The van der Waals surface area contributed by atoms with E-state index in [1.54, 1.807) is 0 Å². The summed E-state index contributed by atoms with van der Waals surface area (Å²) in [5, 5.41) is 0. The maximum atomic E-state index is 4.13. The minimum Gasteiger partial charge on any atom is -0.252 e. The molecule has 0 N–H and O–H groups in total. The van der Waals surface area contributed by atoms with Gasteiger partial charge in [0, 0.05) is 4.90 Å². The fraction of sp³-hybridized carbons (Fsp3) is 0.143. The monoisotopic (exact) mass is 217 g/mol. The largest absolute Gasteiger partial charge is 0.252 e. The molecular weight excluding hydrogens is 210 g/mol. The van der Waals surface area contributed by atoms with Crippen molar-refractivity contribution in [3.8, 4) is 0 Å². The molecule has 10 heavy (non-hydrogen) atoms. The molecule has 0 atom stereocenters. The van der Waals surface area contributed by atoms with Gasteiger partial charge in [0.1, 0.15) is 5.45 Å². The second-order valence-electron chi connectivity index (χ2n) is 1.70. The normalized spacial score (nSPS) is 11.3. The zero-order chi connectivity index (χ0) is 7.23. The van der Waals surface area contributed by atoms with Gasteiger partial charge in [-0.3, -0.25) is 4.36 Å². The van der Waals surface area contributed by atoms with Crippen LogP contribution in [0.4, 0.5) is 0 Å². The summed E-state index contributed by atoms with van der Waals surface area (Å²) in [5.74, 6) is 0. The van der Waals surface area contributed by atoms with Gasteiger partial charge < -0.3 is 0 Å². The van der Waals surface area contributed by atoms with Crippen LogP contribution in [0.2, 0.25) is 0 Å². The van der Waals surface area contributed by atoms with Crippen LogP contribution >= 0.6 is 15.9 Å². The van der Waals surface area contributed by atoms with E-state index < -0.39 is 0 Å². The molecule has 0 bridgehead atoms. The van der Waals surface area contributed by atoms with Crippen molar-refractivity contribution in [1.82, 2.24) is 0 Å². The highest BCUT2D eigenvalue weighted by molar-refractivity contribution is 9.09. The Morgan fingerprint density at radius 2 is 2.00 bits per heavy atom. The first-order valence-corrected chi connectivity index (χ1v) is 4.89. The Bertz CT molecular complexity index is 210. The molecule has 1 aromatic carbocycles. The lowest BCUT2D eigenvalue weighted by Crippen LogP contribution is -1.70. The molecule has 3 heteroatoms. The molecule has 0 aromatic heterocycles. The second kappa shape index (κ2) is 4.63. The van der Waals surface area contributed by atoms with E-state index in [0.717, 1.165) is 11.6 Å². The molecule has 0 amide bonds. The topological polar surface area (TPSA) is 12.4 Å². The first kappa shape index (κ1) is 7.95. The number of hydrogen-bond donors (Lipinski definition) is 1. The maximum Gasteiger partial charge on any atom is 0.101 e. The molecule has 0 saturated carbocycles. The van der Waals surface area contributed by atoms with Crippen molar-refractivity contribution in [2.75, 3.05) is 5.45 Å². The number of rotatable bonds is 2. The Labute approximate surface area is 72.7 Å². The summed E-state index contributed by atoms with van der Waals surface area (Å²) >= 11 is 4.27. The van der Waals surface area contributed by atoms with Gasteiger partial charge in [-0.05, 0) is 12.1 Å². The quantitative estimate of drug-likeness (QED) is 0.444. The number of alkyl halides is 1. The average Bonchev–Trinajstić information content (AvgIpc) is 2.03. The van der Waals surface area contributed by atoms with E-state index in [1.807, 2.05) is 18.2 Å². The summed E-state index contributed by atoms with van der Waals surface area (Å²) in [5.41, 5.74) is 0.712. The number of halogens is 1. The van der Waals surface area contributed by atoms with Gasteiger partial charge in [-0.2, -0.15) is 0 Å². The summed E-state index contributed by atoms with van der Waals surface area (Å²) in [6, 6.07) is 10.2. The van der Waals surface area contributed by atoms with Crippen molar-refractivity contribution in [3.05, 3.63) is 30.3 Å². The molecule has 1 rings (SSSR count). The molecule has 0 aliphatic heterocycles.